The predicted octanol–water partition coefficient (Wildman–Crippen LogP) is 4.56. The van der Waals surface area contributed by atoms with Crippen LogP contribution in [-0.4, -0.2) is 38.6 Å². The average Bonchev–Trinajstić information content (AvgIpc) is 3.29. The maximum Gasteiger partial charge on any atom is 0.112 e. The van der Waals surface area contributed by atoms with Crippen molar-refractivity contribution in [3.63, 3.8) is 0 Å². The number of nitrogens with zero attached hydrogens (tertiary/aromatic N) is 3. The number of fused-ring (bicyclic) bond motifs is 1. The number of aromatic nitrogens is 3. The van der Waals surface area contributed by atoms with Crippen molar-refractivity contribution in [1.82, 2.24) is 19.4 Å². The Labute approximate surface area is 149 Å². The molecular formula is C21H28N4. The van der Waals surface area contributed by atoms with Crippen molar-refractivity contribution in [2.24, 2.45) is 0 Å². The molecule has 3 aromatic rings. The molecule has 3 heterocycles. The van der Waals surface area contributed by atoms with Crippen LogP contribution in [0, 0.1) is 0 Å². The molecule has 4 heteroatoms. The molecule has 1 atom stereocenters. The van der Waals surface area contributed by atoms with Crippen LogP contribution in [0.15, 0.2) is 42.9 Å². The molecule has 2 aromatic heterocycles. The Bertz CT molecular complexity index is 836. The molecule has 1 aromatic carbocycles. The summed E-state index contributed by atoms with van der Waals surface area (Å²) in [4.78, 5) is 10.6. The molecule has 1 saturated heterocycles. The maximum atomic E-state index is 4.75. The van der Waals surface area contributed by atoms with Crippen LogP contribution in [0.2, 0.25) is 0 Å². The molecule has 0 radical (unpaired) electrons. The van der Waals surface area contributed by atoms with Crippen LogP contribution in [0.25, 0.3) is 10.9 Å². The fraction of sp³-hybridized carbons (Fsp3) is 0.476. The SMILES string of the molecule is CC(C)N1CCC(c2nccn2[C@H](C)c2ccc3[nH]ccc3c2)CC1. The van der Waals surface area contributed by atoms with Crippen molar-refractivity contribution in [2.45, 2.75) is 51.6 Å². The lowest BCUT2D eigenvalue weighted by Gasteiger charge is -2.35. The van der Waals surface area contributed by atoms with Crippen molar-refractivity contribution in [3.05, 3.63) is 54.2 Å². The first-order valence-corrected chi connectivity index (χ1v) is 9.47. The highest BCUT2D eigenvalue weighted by molar-refractivity contribution is 5.80. The molecule has 0 saturated carbocycles. The number of H-pyrrole nitrogens is 1. The van der Waals surface area contributed by atoms with E-state index in [-0.39, 0.29) is 0 Å². The number of hydrogen-bond acceptors (Lipinski definition) is 2. The lowest BCUT2D eigenvalue weighted by atomic mass is 9.94. The van der Waals surface area contributed by atoms with E-state index >= 15 is 0 Å². The van der Waals surface area contributed by atoms with Crippen molar-refractivity contribution in [3.8, 4) is 0 Å². The normalized spacial score (nSPS) is 18.2. The van der Waals surface area contributed by atoms with E-state index in [1.54, 1.807) is 0 Å². The van der Waals surface area contributed by atoms with Crippen LogP contribution in [-0.2, 0) is 0 Å². The number of benzene rings is 1. The summed E-state index contributed by atoms with van der Waals surface area (Å²) in [7, 11) is 0. The van der Waals surface area contributed by atoms with Gasteiger partial charge in [-0.05, 0) is 75.9 Å². The Morgan fingerprint density at radius 2 is 1.92 bits per heavy atom. The fourth-order valence-electron chi connectivity index (χ4n) is 4.13. The first kappa shape index (κ1) is 16.4. The van der Waals surface area contributed by atoms with Crippen LogP contribution < -0.4 is 0 Å². The highest BCUT2D eigenvalue weighted by atomic mass is 15.2. The third kappa shape index (κ3) is 3.11. The molecule has 0 amide bonds. The Morgan fingerprint density at radius 3 is 2.68 bits per heavy atom. The molecule has 1 fully saturated rings. The number of likely N-dealkylation sites (tertiary alicyclic amines) is 1. The molecule has 4 rings (SSSR count). The summed E-state index contributed by atoms with van der Waals surface area (Å²) >= 11 is 0. The summed E-state index contributed by atoms with van der Waals surface area (Å²) in [5.74, 6) is 1.83. The molecular weight excluding hydrogens is 308 g/mol. The Hall–Kier alpha value is -2.07. The third-order valence-corrected chi connectivity index (χ3v) is 5.80. The fourth-order valence-corrected chi connectivity index (χ4v) is 4.13. The van der Waals surface area contributed by atoms with Gasteiger partial charge in [0, 0.05) is 36.1 Å². The van der Waals surface area contributed by atoms with Crippen LogP contribution in [0.1, 0.15) is 57.0 Å². The van der Waals surface area contributed by atoms with E-state index in [9.17, 15) is 0 Å². The summed E-state index contributed by atoms with van der Waals surface area (Å²) in [5, 5.41) is 1.27. The van der Waals surface area contributed by atoms with E-state index in [2.05, 4.69) is 65.7 Å². The van der Waals surface area contributed by atoms with E-state index in [1.165, 1.54) is 48.2 Å². The number of aromatic amines is 1. The zero-order valence-electron chi connectivity index (χ0n) is 15.4. The van der Waals surface area contributed by atoms with Gasteiger partial charge < -0.3 is 14.5 Å². The van der Waals surface area contributed by atoms with E-state index in [4.69, 9.17) is 4.98 Å². The molecule has 25 heavy (non-hydrogen) atoms. The largest absolute Gasteiger partial charge is 0.361 e. The van der Waals surface area contributed by atoms with Gasteiger partial charge in [0.05, 0.1) is 6.04 Å². The summed E-state index contributed by atoms with van der Waals surface area (Å²) in [6.07, 6.45) is 8.54. The summed E-state index contributed by atoms with van der Waals surface area (Å²) in [6.45, 7) is 9.22. The molecule has 0 spiro atoms. The molecule has 1 aliphatic heterocycles. The smallest absolute Gasteiger partial charge is 0.112 e. The van der Waals surface area contributed by atoms with E-state index in [0.29, 0.717) is 18.0 Å². The van der Waals surface area contributed by atoms with Crippen molar-refractivity contribution in [1.29, 1.82) is 0 Å². The standard InChI is InChI=1S/C21H28N4/c1-15(2)24-11-7-17(8-12-24)21-23-10-13-25(21)16(3)18-4-5-20-19(14-18)6-9-22-20/h4-6,9-10,13-17,22H,7-8,11-12H2,1-3H3/t16-/m1/s1. The molecule has 1 N–H and O–H groups in total. The lowest BCUT2D eigenvalue weighted by Crippen LogP contribution is -2.38. The topological polar surface area (TPSA) is 36.9 Å². The average molecular weight is 336 g/mol. The Balaban J connectivity index is 1.56. The quantitative estimate of drug-likeness (QED) is 0.758. The first-order valence-electron chi connectivity index (χ1n) is 9.47. The minimum absolute atomic E-state index is 0.305. The second-order valence-corrected chi connectivity index (χ2v) is 7.60. The number of nitrogens with one attached hydrogen (secondary N) is 1. The van der Waals surface area contributed by atoms with E-state index in [0.717, 1.165) is 0 Å². The van der Waals surface area contributed by atoms with Crippen molar-refractivity contribution < 1.29 is 0 Å². The van der Waals surface area contributed by atoms with Gasteiger partial charge in [0.25, 0.3) is 0 Å². The monoisotopic (exact) mass is 336 g/mol. The van der Waals surface area contributed by atoms with Gasteiger partial charge >= 0.3 is 0 Å². The highest BCUT2D eigenvalue weighted by Gasteiger charge is 2.26. The van der Waals surface area contributed by atoms with Crippen LogP contribution in [0.4, 0.5) is 0 Å². The number of imidazole rings is 1. The van der Waals surface area contributed by atoms with Gasteiger partial charge in [0.1, 0.15) is 5.82 Å². The summed E-state index contributed by atoms with van der Waals surface area (Å²) in [5.41, 5.74) is 2.54. The molecule has 0 unspecified atom stereocenters. The van der Waals surface area contributed by atoms with Gasteiger partial charge in [-0.15, -0.1) is 0 Å². The minimum atomic E-state index is 0.305. The van der Waals surface area contributed by atoms with Crippen LogP contribution in [0.5, 0.6) is 0 Å². The van der Waals surface area contributed by atoms with E-state index < -0.39 is 0 Å². The van der Waals surface area contributed by atoms with Gasteiger partial charge in [0.2, 0.25) is 0 Å². The van der Waals surface area contributed by atoms with Gasteiger partial charge in [-0.3, -0.25) is 0 Å². The van der Waals surface area contributed by atoms with Crippen molar-refractivity contribution in [2.75, 3.05) is 13.1 Å². The summed E-state index contributed by atoms with van der Waals surface area (Å²) < 4.78 is 2.38. The van der Waals surface area contributed by atoms with Crippen LogP contribution >= 0.6 is 0 Å². The zero-order valence-corrected chi connectivity index (χ0v) is 15.4. The van der Waals surface area contributed by atoms with Crippen molar-refractivity contribution >= 4 is 10.9 Å². The second-order valence-electron chi connectivity index (χ2n) is 7.60. The zero-order chi connectivity index (χ0) is 17.4. The maximum absolute atomic E-state index is 4.75. The first-order chi connectivity index (χ1) is 12.1. The van der Waals surface area contributed by atoms with Gasteiger partial charge in [-0.1, -0.05) is 6.07 Å². The molecule has 4 nitrogen and oxygen atoms in total. The number of piperidine rings is 1. The van der Waals surface area contributed by atoms with Gasteiger partial charge in [0.15, 0.2) is 0 Å². The number of rotatable bonds is 4. The Kier molecular flexibility index (Phi) is 4.38. The lowest BCUT2D eigenvalue weighted by molar-refractivity contribution is 0.168. The number of hydrogen-bond donors (Lipinski definition) is 1. The third-order valence-electron chi connectivity index (χ3n) is 5.80. The van der Waals surface area contributed by atoms with E-state index in [1.807, 2.05) is 12.4 Å². The van der Waals surface area contributed by atoms with Gasteiger partial charge in [-0.2, -0.15) is 0 Å². The molecule has 0 bridgehead atoms. The van der Waals surface area contributed by atoms with Gasteiger partial charge in [-0.25, -0.2) is 4.98 Å². The van der Waals surface area contributed by atoms with Crippen LogP contribution in [0.3, 0.4) is 0 Å². The summed E-state index contributed by atoms with van der Waals surface area (Å²) in [6, 6.07) is 9.80. The Morgan fingerprint density at radius 1 is 1.12 bits per heavy atom. The highest BCUT2D eigenvalue weighted by Crippen LogP contribution is 2.31. The second kappa shape index (κ2) is 6.68. The predicted molar refractivity (Wildman–Crippen MR) is 103 cm³/mol. The molecule has 0 aliphatic carbocycles. The molecule has 1 aliphatic rings. The molecule has 132 valence electrons. The minimum Gasteiger partial charge on any atom is -0.361 e.